The number of carbonyl (C=O) groups excluding carboxylic acids is 5. The van der Waals surface area contributed by atoms with E-state index in [1.165, 1.54) is 13.2 Å². The highest BCUT2D eigenvalue weighted by Crippen LogP contribution is 2.35. The van der Waals surface area contributed by atoms with Crippen molar-refractivity contribution in [3.8, 4) is 5.82 Å². The highest BCUT2D eigenvalue weighted by molar-refractivity contribution is 6.34. The van der Waals surface area contributed by atoms with Gasteiger partial charge in [0.15, 0.2) is 0 Å². The lowest BCUT2D eigenvalue weighted by atomic mass is 9.98. The maximum absolute atomic E-state index is 13.9. The van der Waals surface area contributed by atoms with E-state index < -0.39 is 47.5 Å². The average Bonchev–Trinajstić information content (AvgIpc) is 3.54. The van der Waals surface area contributed by atoms with Crippen molar-refractivity contribution in [2.75, 3.05) is 7.11 Å². The fourth-order valence-electron chi connectivity index (χ4n) is 5.43. The third-order valence-corrected chi connectivity index (χ3v) is 7.37. The van der Waals surface area contributed by atoms with Crippen molar-refractivity contribution in [3.05, 3.63) is 102 Å². The Kier molecular flexibility index (Phi) is 9.50. The van der Waals surface area contributed by atoms with Crippen LogP contribution in [-0.2, 0) is 41.5 Å². The summed E-state index contributed by atoms with van der Waals surface area (Å²) in [5.41, 5.74) is 1.53. The molecule has 2 atom stereocenters. The molecule has 1 aliphatic heterocycles. The molecule has 1 aliphatic rings. The number of para-hydroxylation sites is 1. The second-order valence-electron chi connectivity index (χ2n) is 11.9. The van der Waals surface area contributed by atoms with Crippen molar-refractivity contribution in [1.29, 1.82) is 0 Å². The summed E-state index contributed by atoms with van der Waals surface area (Å²) in [6, 6.07) is 19.3. The van der Waals surface area contributed by atoms with Crippen LogP contribution < -0.4 is 16.0 Å². The standard InChI is InChI=1S/C35H35N5O7/c1-35(2,3)47-34(45)38-25(18-21-12-6-5-7-13-21)32(43)37-26(33(44)46-4)19-23-22-14-8-9-15-27(22)40(28-16-10-11-17-36-28)30(23)24-20-29(41)39-31(24)42/h5-17,20,25-26H,18-19H2,1-4H3,(H,37,43)(H,38,45)(H,39,41,42)/t25-,26-/m0/s1. The van der Waals surface area contributed by atoms with Crippen LogP contribution >= 0.6 is 0 Å². The summed E-state index contributed by atoms with van der Waals surface area (Å²) in [5.74, 6) is -2.13. The number of pyridine rings is 1. The van der Waals surface area contributed by atoms with Crippen LogP contribution in [0.2, 0.25) is 0 Å². The number of alkyl carbamates (subject to hydrolysis) is 1. The molecule has 0 fully saturated rings. The minimum atomic E-state index is -1.26. The summed E-state index contributed by atoms with van der Waals surface area (Å²) < 4.78 is 12.3. The van der Waals surface area contributed by atoms with Crippen LogP contribution in [0.4, 0.5) is 4.79 Å². The molecule has 3 heterocycles. The van der Waals surface area contributed by atoms with Crippen molar-refractivity contribution < 1.29 is 33.4 Å². The van der Waals surface area contributed by atoms with E-state index in [4.69, 9.17) is 9.47 Å². The fourth-order valence-corrected chi connectivity index (χ4v) is 5.43. The Bertz CT molecular complexity index is 1860. The largest absolute Gasteiger partial charge is 0.467 e. The van der Waals surface area contributed by atoms with Crippen LogP contribution in [0.25, 0.3) is 22.3 Å². The lowest BCUT2D eigenvalue weighted by Gasteiger charge is -2.25. The molecule has 0 spiro atoms. The monoisotopic (exact) mass is 637 g/mol. The summed E-state index contributed by atoms with van der Waals surface area (Å²) in [4.78, 5) is 69.8. The predicted molar refractivity (Wildman–Crippen MR) is 173 cm³/mol. The molecule has 0 saturated carbocycles. The molecule has 0 bridgehead atoms. The maximum Gasteiger partial charge on any atom is 0.408 e. The molecule has 0 aliphatic carbocycles. The molecule has 242 valence electrons. The van der Waals surface area contributed by atoms with Crippen molar-refractivity contribution in [1.82, 2.24) is 25.5 Å². The van der Waals surface area contributed by atoms with Gasteiger partial charge in [-0.3, -0.25) is 24.3 Å². The lowest BCUT2D eigenvalue weighted by molar-refractivity contribution is -0.145. The number of nitrogens with one attached hydrogen (secondary N) is 3. The van der Waals surface area contributed by atoms with Gasteiger partial charge in [0.2, 0.25) is 5.91 Å². The van der Waals surface area contributed by atoms with E-state index in [1.54, 1.807) is 55.8 Å². The Morgan fingerprint density at radius 1 is 0.894 bits per heavy atom. The molecular weight excluding hydrogens is 602 g/mol. The Morgan fingerprint density at radius 3 is 2.23 bits per heavy atom. The summed E-state index contributed by atoms with van der Waals surface area (Å²) in [6.45, 7) is 5.12. The Morgan fingerprint density at radius 2 is 1.60 bits per heavy atom. The number of ether oxygens (including phenoxy) is 2. The summed E-state index contributed by atoms with van der Waals surface area (Å²) in [7, 11) is 1.20. The number of carbonyl (C=O) groups is 5. The maximum atomic E-state index is 13.9. The zero-order valence-electron chi connectivity index (χ0n) is 26.4. The van der Waals surface area contributed by atoms with E-state index in [0.717, 1.165) is 5.56 Å². The number of imide groups is 1. The molecule has 0 unspecified atom stereocenters. The Hall–Kier alpha value is -5.78. The van der Waals surface area contributed by atoms with E-state index >= 15 is 0 Å². The number of fused-ring (bicyclic) bond motifs is 1. The number of rotatable bonds is 10. The van der Waals surface area contributed by atoms with Gasteiger partial charge in [0, 0.05) is 30.5 Å². The van der Waals surface area contributed by atoms with Gasteiger partial charge in [0.05, 0.1) is 23.9 Å². The third kappa shape index (κ3) is 7.55. The van der Waals surface area contributed by atoms with Crippen LogP contribution in [0.1, 0.15) is 37.6 Å². The second kappa shape index (κ2) is 13.7. The highest BCUT2D eigenvalue weighted by atomic mass is 16.6. The molecular formula is C35H35N5O7. The number of hydrogen-bond acceptors (Lipinski definition) is 8. The van der Waals surface area contributed by atoms with Crippen LogP contribution in [-0.4, -0.2) is 64.1 Å². The molecule has 2 aromatic carbocycles. The molecule has 4 amide bonds. The van der Waals surface area contributed by atoms with Crippen molar-refractivity contribution in [2.45, 2.75) is 51.3 Å². The predicted octanol–water partition coefficient (Wildman–Crippen LogP) is 3.40. The number of aromatic nitrogens is 2. The molecule has 12 heteroatoms. The Labute approximate surface area is 271 Å². The fraction of sp³-hybridized carbons (Fsp3) is 0.257. The molecule has 0 radical (unpaired) electrons. The van der Waals surface area contributed by atoms with Gasteiger partial charge in [-0.2, -0.15) is 0 Å². The summed E-state index contributed by atoms with van der Waals surface area (Å²) >= 11 is 0. The summed E-state index contributed by atoms with van der Waals surface area (Å²) in [5, 5.41) is 8.35. The van der Waals surface area contributed by atoms with Crippen LogP contribution in [0, 0.1) is 0 Å². The first-order valence-electron chi connectivity index (χ1n) is 15.0. The quantitative estimate of drug-likeness (QED) is 0.176. The molecule has 3 N–H and O–H groups in total. The average molecular weight is 638 g/mol. The van der Waals surface area contributed by atoms with Crippen molar-refractivity contribution in [3.63, 3.8) is 0 Å². The summed E-state index contributed by atoms with van der Waals surface area (Å²) in [6.07, 6.45) is 1.99. The molecule has 47 heavy (non-hydrogen) atoms. The number of methoxy groups -OCH3 is 1. The SMILES string of the molecule is COC(=O)[C@H](Cc1c(C2=CC(=O)NC2=O)n(-c2ccccn2)c2ccccc12)NC(=O)[C@H](Cc1ccccc1)NC(=O)OC(C)(C)C. The second-order valence-corrected chi connectivity index (χ2v) is 11.9. The van der Waals surface area contributed by atoms with E-state index in [-0.39, 0.29) is 18.4 Å². The van der Waals surface area contributed by atoms with Gasteiger partial charge in [0.1, 0.15) is 23.5 Å². The first-order valence-corrected chi connectivity index (χ1v) is 15.0. The zero-order valence-corrected chi connectivity index (χ0v) is 26.4. The normalized spacial score (nSPS) is 14.2. The first kappa shape index (κ1) is 32.6. The van der Waals surface area contributed by atoms with E-state index in [2.05, 4.69) is 20.9 Å². The molecule has 12 nitrogen and oxygen atoms in total. The van der Waals surface area contributed by atoms with E-state index in [0.29, 0.717) is 28.0 Å². The third-order valence-electron chi connectivity index (χ3n) is 7.37. The van der Waals surface area contributed by atoms with Gasteiger partial charge < -0.3 is 20.1 Å². The number of amides is 4. The van der Waals surface area contributed by atoms with Gasteiger partial charge in [-0.05, 0) is 50.1 Å². The van der Waals surface area contributed by atoms with Gasteiger partial charge in [-0.1, -0.05) is 54.6 Å². The van der Waals surface area contributed by atoms with Crippen molar-refractivity contribution in [2.24, 2.45) is 0 Å². The highest BCUT2D eigenvalue weighted by Gasteiger charge is 2.34. The number of benzene rings is 2. The smallest absolute Gasteiger partial charge is 0.408 e. The molecule has 2 aromatic heterocycles. The van der Waals surface area contributed by atoms with Crippen LogP contribution in [0.3, 0.4) is 0 Å². The van der Waals surface area contributed by atoms with Crippen LogP contribution in [0.15, 0.2) is 85.1 Å². The zero-order chi connectivity index (χ0) is 33.7. The number of esters is 1. The topological polar surface area (TPSA) is 158 Å². The number of nitrogens with zero attached hydrogens (tertiary/aromatic N) is 2. The van der Waals surface area contributed by atoms with Crippen molar-refractivity contribution >= 4 is 46.3 Å². The first-order chi connectivity index (χ1) is 22.4. The van der Waals surface area contributed by atoms with E-state index in [1.807, 2.05) is 48.5 Å². The number of hydrogen-bond donors (Lipinski definition) is 3. The molecule has 5 rings (SSSR count). The van der Waals surface area contributed by atoms with Crippen LogP contribution in [0.5, 0.6) is 0 Å². The van der Waals surface area contributed by atoms with Gasteiger partial charge in [0.25, 0.3) is 11.8 Å². The minimum Gasteiger partial charge on any atom is -0.467 e. The molecule has 0 saturated heterocycles. The minimum absolute atomic E-state index is 0.0790. The molecule has 4 aromatic rings. The van der Waals surface area contributed by atoms with Gasteiger partial charge in [-0.25, -0.2) is 14.6 Å². The Balaban J connectivity index is 1.57. The van der Waals surface area contributed by atoms with Gasteiger partial charge in [-0.15, -0.1) is 0 Å². The van der Waals surface area contributed by atoms with Gasteiger partial charge >= 0.3 is 12.1 Å². The van der Waals surface area contributed by atoms with E-state index in [9.17, 15) is 24.0 Å². The lowest BCUT2D eigenvalue weighted by Crippen LogP contribution is -2.54.